The van der Waals surface area contributed by atoms with Crippen LogP contribution in [0.4, 0.5) is 10.5 Å². The third-order valence-electron chi connectivity index (χ3n) is 4.39. The van der Waals surface area contributed by atoms with Gasteiger partial charge in [-0.25, -0.2) is 4.79 Å². The fourth-order valence-electron chi connectivity index (χ4n) is 2.78. The maximum atomic E-state index is 12.6. The third kappa shape index (κ3) is 4.60. The topological polar surface area (TPSA) is 102 Å². The first kappa shape index (κ1) is 19.4. The van der Waals surface area contributed by atoms with Crippen molar-refractivity contribution in [2.75, 3.05) is 11.9 Å². The van der Waals surface area contributed by atoms with E-state index in [1.54, 1.807) is 31.2 Å². The van der Waals surface area contributed by atoms with E-state index in [1.807, 2.05) is 0 Å². The molecule has 0 radical (unpaired) electrons. The van der Waals surface area contributed by atoms with Crippen LogP contribution in [0, 0.1) is 17.2 Å². The van der Waals surface area contributed by atoms with E-state index in [4.69, 9.17) is 5.26 Å². The third-order valence-corrected chi connectivity index (χ3v) is 4.39. The highest BCUT2D eigenvalue weighted by Crippen LogP contribution is 2.24. The van der Waals surface area contributed by atoms with Crippen molar-refractivity contribution in [3.8, 4) is 6.07 Å². The lowest BCUT2D eigenvalue weighted by Gasteiger charge is -2.22. The predicted octanol–water partition coefficient (Wildman–Crippen LogP) is 2.44. The summed E-state index contributed by atoms with van der Waals surface area (Å²) in [6.45, 7) is 5.47. The van der Waals surface area contributed by atoms with Gasteiger partial charge in [0.2, 0.25) is 5.91 Å². The Morgan fingerprint density at radius 3 is 2.54 bits per heavy atom. The Morgan fingerprint density at radius 1 is 1.31 bits per heavy atom. The van der Waals surface area contributed by atoms with Gasteiger partial charge in [-0.05, 0) is 43.4 Å². The number of urea groups is 1. The van der Waals surface area contributed by atoms with Gasteiger partial charge < -0.3 is 10.6 Å². The van der Waals surface area contributed by atoms with Gasteiger partial charge in [0.1, 0.15) is 12.1 Å². The summed E-state index contributed by atoms with van der Waals surface area (Å²) in [5, 5.41) is 14.0. The van der Waals surface area contributed by atoms with E-state index >= 15 is 0 Å². The van der Waals surface area contributed by atoms with Crippen molar-refractivity contribution in [3.63, 3.8) is 0 Å². The molecule has 1 saturated heterocycles. The van der Waals surface area contributed by atoms with E-state index in [2.05, 4.69) is 30.6 Å². The highest BCUT2D eigenvalue weighted by Gasteiger charge is 2.47. The fourth-order valence-corrected chi connectivity index (χ4v) is 2.78. The number of carbonyl (C=O) groups excluding carboxylic acids is 3. The van der Waals surface area contributed by atoms with E-state index < -0.39 is 17.5 Å². The van der Waals surface area contributed by atoms with Crippen molar-refractivity contribution in [1.82, 2.24) is 10.2 Å². The van der Waals surface area contributed by atoms with Gasteiger partial charge in [0.15, 0.2) is 0 Å². The lowest BCUT2D eigenvalue weighted by Crippen LogP contribution is -2.44. The summed E-state index contributed by atoms with van der Waals surface area (Å²) in [6, 6.07) is 8.37. The van der Waals surface area contributed by atoms with Crippen LogP contribution in [0.2, 0.25) is 0 Å². The molecule has 26 heavy (non-hydrogen) atoms. The summed E-state index contributed by atoms with van der Waals surface area (Å²) in [5.41, 5.74) is 0.437. The molecular weight excluding hydrogens is 332 g/mol. The first-order valence-corrected chi connectivity index (χ1v) is 8.65. The maximum absolute atomic E-state index is 12.6. The molecule has 1 fully saturated rings. The van der Waals surface area contributed by atoms with Gasteiger partial charge in [0.25, 0.3) is 5.91 Å². The average molecular weight is 356 g/mol. The van der Waals surface area contributed by atoms with Crippen LogP contribution in [0.1, 0.15) is 39.2 Å². The molecule has 0 saturated carbocycles. The van der Waals surface area contributed by atoms with Crippen molar-refractivity contribution >= 4 is 23.5 Å². The maximum Gasteiger partial charge on any atom is 0.325 e. The number of nitriles is 1. The molecule has 1 aliphatic rings. The number of nitrogens with one attached hydrogen (secondary N) is 2. The fraction of sp³-hybridized carbons (Fsp3) is 0.474. The number of amides is 4. The number of hydrogen-bond acceptors (Lipinski definition) is 4. The van der Waals surface area contributed by atoms with Crippen LogP contribution in [-0.4, -0.2) is 34.8 Å². The molecule has 2 N–H and O–H groups in total. The molecule has 4 amide bonds. The second-order valence-electron chi connectivity index (χ2n) is 7.17. The molecule has 0 unspecified atom stereocenters. The van der Waals surface area contributed by atoms with E-state index in [9.17, 15) is 14.4 Å². The molecule has 0 aromatic heterocycles. The SMILES string of the molecule is CC(C)CC[C@]1(C)NC(=O)N(CC(=O)Nc2ccc(CC#N)cc2)C1=O. The lowest BCUT2D eigenvalue weighted by molar-refractivity contribution is -0.133. The minimum atomic E-state index is -0.958. The van der Waals surface area contributed by atoms with Gasteiger partial charge >= 0.3 is 6.03 Å². The van der Waals surface area contributed by atoms with Crippen molar-refractivity contribution in [1.29, 1.82) is 5.26 Å². The molecule has 0 bridgehead atoms. The second-order valence-corrected chi connectivity index (χ2v) is 7.17. The molecule has 2 rings (SSSR count). The Hall–Kier alpha value is -2.88. The van der Waals surface area contributed by atoms with E-state index in [0.717, 1.165) is 16.9 Å². The van der Waals surface area contributed by atoms with Crippen LogP contribution >= 0.6 is 0 Å². The van der Waals surface area contributed by atoms with Crippen LogP contribution in [0.15, 0.2) is 24.3 Å². The first-order chi connectivity index (χ1) is 12.2. The Labute approximate surface area is 153 Å². The normalized spacial score (nSPS) is 19.4. The largest absolute Gasteiger partial charge is 0.325 e. The molecular formula is C19H24N4O3. The van der Waals surface area contributed by atoms with Crippen LogP contribution < -0.4 is 10.6 Å². The minimum absolute atomic E-state index is 0.297. The Bertz CT molecular complexity index is 736. The number of rotatable bonds is 7. The molecule has 7 heteroatoms. The zero-order valence-electron chi connectivity index (χ0n) is 15.3. The Morgan fingerprint density at radius 2 is 1.96 bits per heavy atom. The number of imide groups is 1. The van der Waals surface area contributed by atoms with E-state index in [-0.39, 0.29) is 12.5 Å². The lowest BCUT2D eigenvalue weighted by atomic mass is 9.92. The minimum Gasteiger partial charge on any atom is -0.325 e. The van der Waals surface area contributed by atoms with Crippen LogP contribution in [0.3, 0.4) is 0 Å². The van der Waals surface area contributed by atoms with Gasteiger partial charge in [0, 0.05) is 5.69 Å². The molecule has 1 aromatic carbocycles. The second kappa shape index (κ2) is 8.00. The highest BCUT2D eigenvalue weighted by molar-refractivity contribution is 6.09. The zero-order chi connectivity index (χ0) is 19.3. The summed E-state index contributed by atoms with van der Waals surface area (Å²) >= 11 is 0. The van der Waals surface area contributed by atoms with Crippen molar-refractivity contribution in [2.24, 2.45) is 5.92 Å². The highest BCUT2D eigenvalue weighted by atomic mass is 16.2. The molecule has 1 atom stereocenters. The van der Waals surface area contributed by atoms with Crippen LogP contribution in [0.25, 0.3) is 0 Å². The smallest absolute Gasteiger partial charge is 0.325 e. The van der Waals surface area contributed by atoms with Gasteiger partial charge in [-0.2, -0.15) is 5.26 Å². The number of hydrogen-bond donors (Lipinski definition) is 2. The molecule has 1 heterocycles. The molecule has 1 aliphatic heterocycles. The summed E-state index contributed by atoms with van der Waals surface area (Å²) in [4.78, 5) is 37.9. The average Bonchev–Trinajstić information content (AvgIpc) is 2.79. The quantitative estimate of drug-likeness (QED) is 0.732. The molecule has 0 spiro atoms. The first-order valence-electron chi connectivity index (χ1n) is 8.65. The van der Waals surface area contributed by atoms with Gasteiger partial charge in [-0.1, -0.05) is 26.0 Å². The van der Waals surface area contributed by atoms with Crippen LogP contribution in [-0.2, 0) is 16.0 Å². The number of nitrogens with zero attached hydrogens (tertiary/aromatic N) is 2. The standard InChI is InChI=1S/C19H24N4O3/c1-13(2)8-10-19(3)17(25)23(18(26)22-19)12-16(24)21-15-6-4-14(5-7-15)9-11-20/h4-7,13H,8-10,12H2,1-3H3,(H,21,24)(H,22,26)/t19-/m0/s1. The molecule has 0 aliphatic carbocycles. The van der Waals surface area contributed by atoms with Crippen molar-refractivity contribution < 1.29 is 14.4 Å². The monoisotopic (exact) mass is 356 g/mol. The summed E-state index contributed by atoms with van der Waals surface area (Å²) in [5.74, 6) is -0.407. The summed E-state index contributed by atoms with van der Waals surface area (Å²) in [7, 11) is 0. The van der Waals surface area contributed by atoms with Crippen molar-refractivity contribution in [2.45, 2.75) is 45.6 Å². The van der Waals surface area contributed by atoms with Crippen LogP contribution in [0.5, 0.6) is 0 Å². The Balaban J connectivity index is 1.97. The Kier molecular flexibility index (Phi) is 5.98. The molecule has 138 valence electrons. The number of carbonyl (C=O) groups is 3. The van der Waals surface area contributed by atoms with Gasteiger partial charge in [-0.3, -0.25) is 14.5 Å². The predicted molar refractivity (Wildman–Crippen MR) is 97.1 cm³/mol. The van der Waals surface area contributed by atoms with Gasteiger partial charge in [0.05, 0.1) is 12.5 Å². The van der Waals surface area contributed by atoms with E-state index in [1.165, 1.54) is 0 Å². The molecule has 1 aromatic rings. The van der Waals surface area contributed by atoms with Gasteiger partial charge in [-0.15, -0.1) is 0 Å². The van der Waals surface area contributed by atoms with Crippen molar-refractivity contribution in [3.05, 3.63) is 29.8 Å². The van der Waals surface area contributed by atoms with E-state index in [0.29, 0.717) is 24.4 Å². The zero-order valence-corrected chi connectivity index (χ0v) is 15.3. The molecule has 7 nitrogen and oxygen atoms in total. The summed E-state index contributed by atoms with van der Waals surface area (Å²) in [6.07, 6.45) is 1.64. The number of benzene rings is 1. The number of anilines is 1. The summed E-state index contributed by atoms with van der Waals surface area (Å²) < 4.78 is 0.